The van der Waals surface area contributed by atoms with Crippen molar-refractivity contribution in [3.8, 4) is 0 Å². The van der Waals surface area contributed by atoms with Gasteiger partial charge in [-0.2, -0.15) is 11.8 Å². The van der Waals surface area contributed by atoms with Crippen molar-refractivity contribution in [3.63, 3.8) is 0 Å². The number of amides is 1. The third-order valence-corrected chi connectivity index (χ3v) is 5.99. The molecule has 0 aromatic carbocycles. The number of guanidine groups is 1. The van der Waals surface area contributed by atoms with Crippen molar-refractivity contribution in [2.24, 2.45) is 4.99 Å². The highest BCUT2D eigenvalue weighted by Crippen LogP contribution is 2.24. The summed E-state index contributed by atoms with van der Waals surface area (Å²) in [6.07, 6.45) is 10.3. The van der Waals surface area contributed by atoms with Gasteiger partial charge in [-0.15, -0.1) is 0 Å². The van der Waals surface area contributed by atoms with Crippen molar-refractivity contribution in [2.75, 3.05) is 32.9 Å². The molecule has 2 rings (SSSR count). The molecule has 2 N–H and O–H groups in total. The van der Waals surface area contributed by atoms with Gasteiger partial charge in [0.25, 0.3) is 0 Å². The smallest absolute Gasteiger partial charge is 0.243 e. The van der Waals surface area contributed by atoms with Gasteiger partial charge >= 0.3 is 0 Å². The number of carbonyl (C=O) groups excluding carboxylic acids is 1. The van der Waals surface area contributed by atoms with Crippen LogP contribution in [-0.4, -0.2) is 61.0 Å². The van der Waals surface area contributed by atoms with Gasteiger partial charge in [-0.1, -0.05) is 25.7 Å². The standard InChI is InChI=1S/C17H32N4OS/c1-21(2)16(22)13-19-17(20-14-8-4-3-5-9-14)18-12-15-10-6-7-11-23-15/h14-15H,3-13H2,1-2H3,(H2,18,19,20). The van der Waals surface area contributed by atoms with E-state index in [2.05, 4.69) is 27.4 Å². The van der Waals surface area contributed by atoms with Crippen LogP contribution < -0.4 is 10.6 Å². The van der Waals surface area contributed by atoms with Crippen LogP contribution in [0.3, 0.4) is 0 Å². The first-order valence-electron chi connectivity index (χ1n) is 9.02. The molecule has 1 aliphatic carbocycles. The molecular formula is C17H32N4OS. The number of thioether (sulfide) groups is 1. The van der Waals surface area contributed by atoms with Crippen LogP contribution in [0.5, 0.6) is 0 Å². The normalized spacial score (nSPS) is 23.4. The molecule has 1 unspecified atom stereocenters. The molecule has 0 radical (unpaired) electrons. The van der Waals surface area contributed by atoms with Gasteiger partial charge in [0.15, 0.2) is 5.96 Å². The Labute approximate surface area is 145 Å². The number of likely N-dealkylation sites (N-methyl/N-ethyl adjacent to an activating group) is 1. The Bertz CT molecular complexity index is 388. The second-order valence-electron chi connectivity index (χ2n) is 6.80. The van der Waals surface area contributed by atoms with E-state index in [4.69, 9.17) is 0 Å². The molecule has 1 saturated carbocycles. The van der Waals surface area contributed by atoms with Crippen LogP contribution in [0.15, 0.2) is 4.99 Å². The number of hydrogen-bond donors (Lipinski definition) is 2. The molecule has 1 atom stereocenters. The summed E-state index contributed by atoms with van der Waals surface area (Å²) in [7, 11) is 3.55. The van der Waals surface area contributed by atoms with E-state index in [1.165, 1.54) is 57.1 Å². The number of nitrogens with zero attached hydrogens (tertiary/aromatic N) is 2. The van der Waals surface area contributed by atoms with Crippen molar-refractivity contribution in [2.45, 2.75) is 62.7 Å². The molecule has 0 spiro atoms. The average molecular weight is 341 g/mol. The van der Waals surface area contributed by atoms with Crippen LogP contribution >= 0.6 is 11.8 Å². The zero-order valence-electron chi connectivity index (χ0n) is 14.6. The molecule has 1 amide bonds. The number of rotatable bonds is 5. The Morgan fingerprint density at radius 1 is 1.13 bits per heavy atom. The largest absolute Gasteiger partial charge is 0.355 e. The average Bonchev–Trinajstić information content (AvgIpc) is 2.58. The lowest BCUT2D eigenvalue weighted by atomic mass is 9.96. The Morgan fingerprint density at radius 2 is 1.87 bits per heavy atom. The minimum Gasteiger partial charge on any atom is -0.355 e. The van der Waals surface area contributed by atoms with Crippen LogP contribution in [0.4, 0.5) is 0 Å². The summed E-state index contributed by atoms with van der Waals surface area (Å²) in [5.41, 5.74) is 0. The van der Waals surface area contributed by atoms with Crippen LogP contribution in [0, 0.1) is 0 Å². The van der Waals surface area contributed by atoms with Crippen LogP contribution in [-0.2, 0) is 4.79 Å². The molecule has 1 aliphatic heterocycles. The molecule has 6 heteroatoms. The first-order valence-corrected chi connectivity index (χ1v) is 10.1. The minimum absolute atomic E-state index is 0.0433. The van der Waals surface area contributed by atoms with Gasteiger partial charge in [0.1, 0.15) is 6.54 Å². The van der Waals surface area contributed by atoms with Crippen LogP contribution in [0.1, 0.15) is 51.4 Å². The summed E-state index contributed by atoms with van der Waals surface area (Å²) < 4.78 is 0. The third-order valence-electron chi connectivity index (χ3n) is 4.59. The molecule has 5 nitrogen and oxygen atoms in total. The lowest BCUT2D eigenvalue weighted by Gasteiger charge is -2.27. The van der Waals surface area contributed by atoms with Gasteiger partial charge in [-0.05, 0) is 31.4 Å². The molecular weight excluding hydrogens is 308 g/mol. The maximum absolute atomic E-state index is 11.8. The Balaban J connectivity index is 1.86. The van der Waals surface area contributed by atoms with E-state index in [0.29, 0.717) is 11.3 Å². The maximum atomic E-state index is 11.8. The molecule has 23 heavy (non-hydrogen) atoms. The fourth-order valence-electron chi connectivity index (χ4n) is 3.06. The van der Waals surface area contributed by atoms with E-state index in [1.54, 1.807) is 19.0 Å². The van der Waals surface area contributed by atoms with Gasteiger partial charge in [0, 0.05) is 31.9 Å². The van der Waals surface area contributed by atoms with Crippen molar-refractivity contribution in [1.29, 1.82) is 0 Å². The molecule has 0 bridgehead atoms. The molecule has 0 aromatic rings. The first kappa shape index (κ1) is 18.4. The second-order valence-corrected chi connectivity index (χ2v) is 8.21. The second kappa shape index (κ2) is 10.1. The number of hydrogen-bond acceptors (Lipinski definition) is 3. The van der Waals surface area contributed by atoms with Gasteiger partial charge in [-0.3, -0.25) is 4.79 Å². The van der Waals surface area contributed by atoms with Gasteiger partial charge < -0.3 is 15.5 Å². The highest BCUT2D eigenvalue weighted by molar-refractivity contribution is 7.99. The van der Waals surface area contributed by atoms with Crippen LogP contribution in [0.2, 0.25) is 0 Å². The summed E-state index contributed by atoms with van der Waals surface area (Å²) in [6, 6.07) is 0.503. The maximum Gasteiger partial charge on any atom is 0.243 e. The van der Waals surface area contributed by atoms with E-state index in [-0.39, 0.29) is 12.5 Å². The molecule has 1 heterocycles. The zero-order chi connectivity index (χ0) is 16.5. The Morgan fingerprint density at radius 3 is 2.52 bits per heavy atom. The fraction of sp³-hybridized carbons (Fsp3) is 0.882. The van der Waals surface area contributed by atoms with Crippen molar-refractivity contribution < 1.29 is 4.79 Å². The Kier molecular flexibility index (Phi) is 8.06. The predicted molar refractivity (Wildman–Crippen MR) is 99.1 cm³/mol. The molecule has 1 saturated heterocycles. The van der Waals surface area contributed by atoms with Gasteiger partial charge in [0.05, 0.1) is 0 Å². The van der Waals surface area contributed by atoms with Gasteiger partial charge in [-0.25, -0.2) is 4.99 Å². The van der Waals surface area contributed by atoms with E-state index in [9.17, 15) is 4.79 Å². The van der Waals surface area contributed by atoms with E-state index < -0.39 is 0 Å². The van der Waals surface area contributed by atoms with Crippen molar-refractivity contribution >= 4 is 23.6 Å². The molecule has 2 aliphatic rings. The van der Waals surface area contributed by atoms with E-state index in [0.717, 1.165) is 12.5 Å². The number of aliphatic imine (C=N–C) groups is 1. The van der Waals surface area contributed by atoms with Crippen molar-refractivity contribution in [1.82, 2.24) is 15.5 Å². The highest BCUT2D eigenvalue weighted by atomic mass is 32.2. The molecule has 2 fully saturated rings. The summed E-state index contributed by atoms with van der Waals surface area (Å²) >= 11 is 2.06. The summed E-state index contributed by atoms with van der Waals surface area (Å²) in [4.78, 5) is 17.9. The molecule has 132 valence electrons. The van der Waals surface area contributed by atoms with E-state index >= 15 is 0 Å². The lowest BCUT2D eigenvalue weighted by Crippen LogP contribution is -2.46. The van der Waals surface area contributed by atoms with Gasteiger partial charge in [0.2, 0.25) is 5.91 Å². The SMILES string of the molecule is CN(C)C(=O)CN=C(NCC1CCCCS1)NC1CCCCC1. The monoisotopic (exact) mass is 340 g/mol. The predicted octanol–water partition coefficient (Wildman–Crippen LogP) is 2.23. The first-order chi connectivity index (χ1) is 11.1. The van der Waals surface area contributed by atoms with Crippen LogP contribution in [0.25, 0.3) is 0 Å². The Hall–Kier alpha value is -0.910. The fourth-order valence-corrected chi connectivity index (χ4v) is 4.30. The minimum atomic E-state index is 0.0433. The number of carbonyl (C=O) groups is 1. The quantitative estimate of drug-likeness (QED) is 0.595. The topological polar surface area (TPSA) is 56.7 Å². The summed E-state index contributed by atoms with van der Waals surface area (Å²) in [5, 5.41) is 7.70. The molecule has 0 aromatic heterocycles. The number of nitrogens with one attached hydrogen (secondary N) is 2. The van der Waals surface area contributed by atoms with E-state index in [1.807, 2.05) is 0 Å². The zero-order valence-corrected chi connectivity index (χ0v) is 15.5. The van der Waals surface area contributed by atoms with Crippen molar-refractivity contribution in [3.05, 3.63) is 0 Å². The summed E-state index contributed by atoms with van der Waals surface area (Å²) in [5.74, 6) is 2.13. The lowest BCUT2D eigenvalue weighted by molar-refractivity contribution is -0.127. The summed E-state index contributed by atoms with van der Waals surface area (Å²) in [6.45, 7) is 1.16. The highest BCUT2D eigenvalue weighted by Gasteiger charge is 2.17. The third kappa shape index (κ3) is 7.02.